The van der Waals surface area contributed by atoms with E-state index in [4.69, 9.17) is 47.9 Å². The Kier molecular flexibility index (Phi) is 14.7. The van der Waals surface area contributed by atoms with Gasteiger partial charge < -0.3 is 24.7 Å². The van der Waals surface area contributed by atoms with Gasteiger partial charge in [0, 0.05) is 28.9 Å². The lowest BCUT2D eigenvalue weighted by molar-refractivity contribution is -0.384. The molecule has 238 valence electrons. The molecule has 0 aliphatic rings. The maximum Gasteiger partial charge on any atom is 0.271 e. The molecule has 2 N–H and O–H groups in total. The number of methoxy groups -OCH3 is 2. The highest BCUT2D eigenvalue weighted by Gasteiger charge is 2.15. The average Bonchev–Trinajstić information content (AvgIpc) is 2.95. The largest absolute Gasteiger partial charge is 0.481 e. The first-order chi connectivity index (χ1) is 19.9. The number of nitrogens with two attached hydrogens (primary N) is 1. The van der Waals surface area contributed by atoms with Crippen molar-refractivity contribution < 1.29 is 23.9 Å². The molecule has 4 rings (SSSR count). The number of hydrogen-bond donors (Lipinski definition) is 1. The monoisotopic (exact) mass is 646 g/mol. The Balaban J connectivity index is 0.000000422. The number of anilines is 1. The van der Waals surface area contributed by atoms with E-state index in [1.54, 1.807) is 38.6 Å². The number of nitro benzene ring substituents is 1. The summed E-state index contributed by atoms with van der Waals surface area (Å²) in [7, 11) is 3.16. The molecule has 0 atom stereocenters. The van der Waals surface area contributed by atoms with Crippen LogP contribution in [-0.4, -0.2) is 29.1 Å². The summed E-state index contributed by atoms with van der Waals surface area (Å²) >= 11 is 12.1. The van der Waals surface area contributed by atoms with E-state index >= 15 is 0 Å². The van der Waals surface area contributed by atoms with Gasteiger partial charge in [0.25, 0.3) is 5.69 Å². The minimum absolute atomic E-state index is 0. The van der Waals surface area contributed by atoms with Crippen molar-refractivity contribution in [2.75, 3.05) is 20.0 Å². The van der Waals surface area contributed by atoms with Crippen LogP contribution in [0.2, 0.25) is 10.0 Å². The van der Waals surface area contributed by atoms with Crippen LogP contribution in [0, 0.1) is 10.1 Å². The lowest BCUT2D eigenvalue weighted by Gasteiger charge is -2.13. The average molecular weight is 648 g/mol. The molecule has 0 radical (unpaired) electrons. The highest BCUT2D eigenvalue weighted by atomic mass is 35.5. The van der Waals surface area contributed by atoms with E-state index < -0.39 is 4.92 Å². The van der Waals surface area contributed by atoms with Crippen molar-refractivity contribution in [1.82, 2.24) is 9.97 Å². The molecular weight excluding hydrogens is 607 g/mol. The number of hydrogen-bond acceptors (Lipinski definition) is 9. The predicted molar refractivity (Wildman–Crippen MR) is 177 cm³/mol. The third kappa shape index (κ3) is 9.89. The minimum atomic E-state index is -0.512. The molecule has 2 heterocycles. The van der Waals surface area contributed by atoms with Gasteiger partial charge in [0.2, 0.25) is 11.8 Å². The number of benzene rings is 2. The highest BCUT2D eigenvalue weighted by molar-refractivity contribution is 6.32. The van der Waals surface area contributed by atoms with Gasteiger partial charge in [0.05, 0.1) is 41.6 Å². The zero-order chi connectivity index (χ0) is 31.0. The molecule has 0 amide bonds. The van der Waals surface area contributed by atoms with Crippen molar-refractivity contribution >= 4 is 34.6 Å². The van der Waals surface area contributed by atoms with Crippen LogP contribution in [0.4, 0.5) is 11.4 Å². The Hall–Kier alpha value is -4.28. The maximum absolute atomic E-state index is 10.7. The van der Waals surface area contributed by atoms with Crippen LogP contribution >= 0.6 is 23.2 Å². The standard InChI is InChI=1S/C15H15ClN2O4.C15H17ClN2O2.2CH4/c1-9(2)12-7-11(8-17-15(12)21-3)22-14-5-4-10(18(19)20)6-13(14)16;1-9(2)12-7-11(8-18-15(12)19-3)20-14-5-4-10(17)6-13(14)16;;/h4-9H,1-3H3;4-9H,17H2,1-3H3;2*1H4. The Bertz CT molecular complexity index is 1550. The number of aromatic nitrogens is 2. The zero-order valence-corrected chi connectivity index (χ0v) is 25.6. The Morgan fingerprint density at radius 2 is 1.18 bits per heavy atom. The summed E-state index contributed by atoms with van der Waals surface area (Å²) in [5.41, 5.74) is 8.04. The van der Waals surface area contributed by atoms with Crippen molar-refractivity contribution in [2.24, 2.45) is 0 Å². The fraction of sp³-hybridized carbons (Fsp3) is 0.312. The second kappa shape index (κ2) is 17.1. The van der Waals surface area contributed by atoms with Gasteiger partial charge in [-0.05, 0) is 48.2 Å². The minimum Gasteiger partial charge on any atom is -0.481 e. The molecule has 0 saturated heterocycles. The number of nitrogen functional groups attached to an aromatic ring is 1. The van der Waals surface area contributed by atoms with Gasteiger partial charge in [-0.3, -0.25) is 10.1 Å². The van der Waals surface area contributed by atoms with E-state index in [0.717, 1.165) is 11.1 Å². The van der Waals surface area contributed by atoms with E-state index in [0.29, 0.717) is 45.5 Å². The van der Waals surface area contributed by atoms with Crippen molar-refractivity contribution in [1.29, 1.82) is 0 Å². The number of rotatable bonds is 9. The number of pyridine rings is 2. The Morgan fingerprint density at radius 3 is 1.55 bits per heavy atom. The zero-order valence-electron chi connectivity index (χ0n) is 24.1. The number of non-ortho nitro benzene ring substituents is 1. The summed E-state index contributed by atoms with van der Waals surface area (Å²) in [6.45, 7) is 8.17. The first kappa shape index (κ1) is 37.7. The fourth-order valence-corrected chi connectivity index (χ4v) is 4.16. The van der Waals surface area contributed by atoms with Crippen LogP contribution in [0.3, 0.4) is 0 Å². The second-order valence-electron chi connectivity index (χ2n) is 9.61. The van der Waals surface area contributed by atoms with Gasteiger partial charge in [0.1, 0.15) is 23.0 Å². The van der Waals surface area contributed by atoms with E-state index in [1.807, 2.05) is 26.0 Å². The first-order valence-corrected chi connectivity index (χ1v) is 13.6. The molecule has 0 saturated carbocycles. The third-order valence-electron chi connectivity index (χ3n) is 5.88. The molecule has 0 aliphatic carbocycles. The van der Waals surface area contributed by atoms with Crippen molar-refractivity contribution in [3.63, 3.8) is 0 Å². The Labute approximate surface area is 269 Å². The smallest absolute Gasteiger partial charge is 0.271 e. The lowest BCUT2D eigenvalue weighted by atomic mass is 10.1. The lowest BCUT2D eigenvalue weighted by Crippen LogP contribution is -1.98. The third-order valence-corrected chi connectivity index (χ3v) is 6.47. The molecule has 2 aromatic heterocycles. The van der Waals surface area contributed by atoms with E-state index in [-0.39, 0.29) is 37.4 Å². The number of ether oxygens (including phenoxy) is 4. The summed E-state index contributed by atoms with van der Waals surface area (Å²) in [6, 6.07) is 12.9. The van der Waals surface area contributed by atoms with Gasteiger partial charge in [-0.25, -0.2) is 9.97 Å². The molecule has 4 aromatic rings. The van der Waals surface area contributed by atoms with E-state index in [9.17, 15) is 10.1 Å². The van der Waals surface area contributed by atoms with Crippen LogP contribution in [0.5, 0.6) is 34.8 Å². The Morgan fingerprint density at radius 1 is 0.750 bits per heavy atom. The van der Waals surface area contributed by atoms with E-state index in [2.05, 4.69) is 23.8 Å². The molecule has 44 heavy (non-hydrogen) atoms. The van der Waals surface area contributed by atoms with Crippen LogP contribution in [0.1, 0.15) is 65.5 Å². The first-order valence-electron chi connectivity index (χ1n) is 12.9. The molecule has 0 spiro atoms. The molecular formula is C32H40Cl2N4O6. The van der Waals surface area contributed by atoms with Gasteiger partial charge in [-0.1, -0.05) is 65.8 Å². The van der Waals surface area contributed by atoms with Crippen LogP contribution < -0.4 is 24.7 Å². The molecule has 10 nitrogen and oxygen atoms in total. The van der Waals surface area contributed by atoms with Crippen molar-refractivity contribution in [2.45, 2.75) is 54.4 Å². The summed E-state index contributed by atoms with van der Waals surface area (Å²) in [5, 5.41) is 11.3. The summed E-state index contributed by atoms with van der Waals surface area (Å²) in [5.74, 6) is 3.60. The quantitative estimate of drug-likeness (QED) is 0.107. The summed E-state index contributed by atoms with van der Waals surface area (Å²) in [4.78, 5) is 18.6. The topological polar surface area (TPSA) is 132 Å². The highest BCUT2D eigenvalue weighted by Crippen LogP contribution is 2.36. The molecule has 2 aromatic carbocycles. The van der Waals surface area contributed by atoms with Crippen LogP contribution in [-0.2, 0) is 0 Å². The molecule has 12 heteroatoms. The summed E-state index contributed by atoms with van der Waals surface area (Å²) in [6.07, 6.45) is 3.12. The molecule has 0 aliphatic heterocycles. The molecule has 0 bridgehead atoms. The van der Waals surface area contributed by atoms with Gasteiger partial charge >= 0.3 is 0 Å². The fourth-order valence-electron chi connectivity index (χ4n) is 3.72. The number of nitro groups is 1. The van der Waals surface area contributed by atoms with Crippen molar-refractivity contribution in [3.05, 3.63) is 92.2 Å². The SMILES string of the molecule is C.C.COc1ncc(Oc2ccc(N)cc2Cl)cc1C(C)C.COc1ncc(Oc2ccc([N+](=O)[O-])cc2Cl)cc1C(C)C. The van der Waals surface area contributed by atoms with Gasteiger partial charge in [0.15, 0.2) is 0 Å². The normalized spacial score (nSPS) is 10.1. The second-order valence-corrected chi connectivity index (χ2v) is 10.4. The van der Waals surface area contributed by atoms with E-state index in [1.165, 1.54) is 24.4 Å². The molecule has 0 unspecified atom stereocenters. The van der Waals surface area contributed by atoms with Crippen LogP contribution in [0.15, 0.2) is 60.9 Å². The van der Waals surface area contributed by atoms with Crippen LogP contribution in [0.25, 0.3) is 0 Å². The maximum atomic E-state index is 10.7. The summed E-state index contributed by atoms with van der Waals surface area (Å²) < 4.78 is 21.9. The predicted octanol–water partition coefficient (Wildman–Crippen LogP) is 10.1. The van der Waals surface area contributed by atoms with Gasteiger partial charge in [-0.15, -0.1) is 0 Å². The molecule has 0 fully saturated rings. The number of nitrogens with zero attached hydrogens (tertiary/aromatic N) is 3. The van der Waals surface area contributed by atoms with Gasteiger partial charge in [-0.2, -0.15) is 0 Å². The number of halogens is 2. The van der Waals surface area contributed by atoms with Crippen molar-refractivity contribution in [3.8, 4) is 34.8 Å².